The van der Waals surface area contributed by atoms with Crippen LogP contribution in [0.25, 0.3) is 0 Å². The number of rotatable bonds is 5. The molecule has 0 aliphatic carbocycles. The van der Waals surface area contributed by atoms with Gasteiger partial charge in [-0.1, -0.05) is 0 Å². The second-order valence-electron chi connectivity index (χ2n) is 3.37. The number of pyridine rings is 1. The van der Waals surface area contributed by atoms with Gasteiger partial charge >= 0.3 is 0 Å². The van der Waals surface area contributed by atoms with Crippen molar-refractivity contribution in [3.63, 3.8) is 0 Å². The average molecular weight is 217 g/mol. The van der Waals surface area contributed by atoms with Gasteiger partial charge in [0.1, 0.15) is 0 Å². The quantitative estimate of drug-likeness (QED) is 0.808. The Bertz CT molecular complexity index is 408. The highest BCUT2D eigenvalue weighted by atomic mass is 16.5. The first-order valence-electron chi connectivity index (χ1n) is 5.33. The van der Waals surface area contributed by atoms with E-state index in [2.05, 4.69) is 15.3 Å². The van der Waals surface area contributed by atoms with Crippen molar-refractivity contribution < 1.29 is 4.74 Å². The van der Waals surface area contributed by atoms with Gasteiger partial charge in [0.25, 0.3) is 0 Å². The first-order valence-corrected chi connectivity index (χ1v) is 5.33. The minimum Gasteiger partial charge on any atom is -0.478 e. The number of nitrogens with one attached hydrogen (secondary N) is 2. The highest BCUT2D eigenvalue weighted by molar-refractivity contribution is 5.42. The summed E-state index contributed by atoms with van der Waals surface area (Å²) in [5.74, 6) is 0.660. The number of aromatic nitrogens is 2. The Labute approximate surface area is 94.7 Å². The molecule has 0 bridgehead atoms. The molecule has 0 atom stereocenters. The predicted molar refractivity (Wildman–Crippen MR) is 63.5 cm³/mol. The van der Waals surface area contributed by atoms with Crippen LogP contribution in [-0.2, 0) is 6.54 Å². The molecule has 0 aromatic carbocycles. The Morgan fingerprint density at radius 1 is 1.38 bits per heavy atom. The van der Waals surface area contributed by atoms with E-state index in [1.165, 1.54) is 0 Å². The van der Waals surface area contributed by atoms with Crippen LogP contribution in [0.4, 0.5) is 5.69 Å². The first-order chi connectivity index (χ1) is 7.88. The Kier molecular flexibility index (Phi) is 3.43. The third-order valence-corrected chi connectivity index (χ3v) is 2.17. The molecule has 4 heteroatoms. The van der Waals surface area contributed by atoms with Crippen molar-refractivity contribution >= 4 is 5.69 Å². The van der Waals surface area contributed by atoms with Crippen LogP contribution in [0.1, 0.15) is 12.6 Å². The molecule has 16 heavy (non-hydrogen) atoms. The summed E-state index contributed by atoms with van der Waals surface area (Å²) in [6, 6.07) is 7.84. The van der Waals surface area contributed by atoms with E-state index in [-0.39, 0.29) is 0 Å². The van der Waals surface area contributed by atoms with E-state index in [4.69, 9.17) is 4.74 Å². The highest BCUT2D eigenvalue weighted by Crippen LogP contribution is 2.12. The van der Waals surface area contributed by atoms with Crippen LogP contribution in [0.5, 0.6) is 5.88 Å². The van der Waals surface area contributed by atoms with Crippen molar-refractivity contribution in [3.05, 3.63) is 42.4 Å². The minimum absolute atomic E-state index is 0.641. The average Bonchev–Trinajstić information content (AvgIpc) is 2.82. The van der Waals surface area contributed by atoms with Gasteiger partial charge in [0, 0.05) is 18.0 Å². The predicted octanol–water partition coefficient (Wildman–Crippen LogP) is 2.42. The standard InChI is InChI=1S/C12H15N3O/c1-2-16-12-6-5-11(9-15-12)14-8-10-4-3-7-13-10/h3-7,9,13-14H,2,8H2,1H3. The van der Waals surface area contributed by atoms with Crippen molar-refractivity contribution in [1.29, 1.82) is 0 Å². The van der Waals surface area contributed by atoms with Gasteiger partial charge in [-0.3, -0.25) is 0 Å². The number of ether oxygens (including phenoxy) is 1. The molecule has 2 heterocycles. The summed E-state index contributed by atoms with van der Waals surface area (Å²) in [7, 11) is 0. The Balaban J connectivity index is 1.90. The van der Waals surface area contributed by atoms with Crippen molar-refractivity contribution in [2.75, 3.05) is 11.9 Å². The monoisotopic (exact) mass is 217 g/mol. The normalized spacial score (nSPS) is 10.1. The zero-order valence-electron chi connectivity index (χ0n) is 9.23. The fourth-order valence-corrected chi connectivity index (χ4v) is 1.39. The van der Waals surface area contributed by atoms with E-state index < -0.39 is 0 Å². The topological polar surface area (TPSA) is 49.9 Å². The van der Waals surface area contributed by atoms with Gasteiger partial charge in [-0.15, -0.1) is 0 Å². The van der Waals surface area contributed by atoms with Crippen molar-refractivity contribution in [1.82, 2.24) is 9.97 Å². The molecule has 0 aliphatic rings. The molecule has 84 valence electrons. The molecule has 0 aliphatic heterocycles. The van der Waals surface area contributed by atoms with Crippen LogP contribution in [-0.4, -0.2) is 16.6 Å². The molecule has 0 spiro atoms. The lowest BCUT2D eigenvalue weighted by atomic mass is 10.4. The molecule has 0 radical (unpaired) electrons. The number of H-pyrrole nitrogens is 1. The van der Waals surface area contributed by atoms with Gasteiger partial charge in [-0.2, -0.15) is 0 Å². The SMILES string of the molecule is CCOc1ccc(NCc2ccc[nH]2)cn1. The fraction of sp³-hybridized carbons (Fsp3) is 0.250. The first kappa shape index (κ1) is 10.5. The number of anilines is 1. The molecular formula is C12H15N3O. The summed E-state index contributed by atoms with van der Waals surface area (Å²) in [5.41, 5.74) is 2.13. The van der Waals surface area contributed by atoms with E-state index in [0.717, 1.165) is 17.9 Å². The van der Waals surface area contributed by atoms with Gasteiger partial charge in [0.15, 0.2) is 0 Å². The van der Waals surface area contributed by atoms with E-state index in [0.29, 0.717) is 12.5 Å². The largest absolute Gasteiger partial charge is 0.478 e. The van der Waals surface area contributed by atoms with Crippen LogP contribution in [0.15, 0.2) is 36.7 Å². The molecule has 0 unspecified atom stereocenters. The smallest absolute Gasteiger partial charge is 0.213 e. The maximum absolute atomic E-state index is 5.27. The van der Waals surface area contributed by atoms with Crippen molar-refractivity contribution in [2.24, 2.45) is 0 Å². The molecule has 2 aromatic heterocycles. The Morgan fingerprint density at radius 2 is 2.31 bits per heavy atom. The second-order valence-corrected chi connectivity index (χ2v) is 3.37. The summed E-state index contributed by atoms with van der Waals surface area (Å²) in [4.78, 5) is 7.30. The lowest BCUT2D eigenvalue weighted by Gasteiger charge is -2.06. The fourth-order valence-electron chi connectivity index (χ4n) is 1.39. The minimum atomic E-state index is 0.641. The van der Waals surface area contributed by atoms with E-state index in [9.17, 15) is 0 Å². The zero-order valence-corrected chi connectivity index (χ0v) is 9.23. The molecule has 0 fully saturated rings. The molecule has 2 rings (SSSR count). The zero-order chi connectivity index (χ0) is 11.2. The Hall–Kier alpha value is -1.97. The number of nitrogens with zero attached hydrogens (tertiary/aromatic N) is 1. The van der Waals surface area contributed by atoms with Gasteiger partial charge in [0.05, 0.1) is 25.0 Å². The third-order valence-electron chi connectivity index (χ3n) is 2.17. The van der Waals surface area contributed by atoms with E-state index in [1.807, 2.05) is 37.4 Å². The van der Waals surface area contributed by atoms with Crippen LogP contribution in [0.2, 0.25) is 0 Å². The molecule has 2 aromatic rings. The lowest BCUT2D eigenvalue weighted by molar-refractivity contribution is 0.327. The van der Waals surface area contributed by atoms with E-state index in [1.54, 1.807) is 6.20 Å². The second kappa shape index (κ2) is 5.21. The van der Waals surface area contributed by atoms with Crippen LogP contribution < -0.4 is 10.1 Å². The van der Waals surface area contributed by atoms with Crippen molar-refractivity contribution in [3.8, 4) is 5.88 Å². The molecular weight excluding hydrogens is 202 g/mol. The van der Waals surface area contributed by atoms with Crippen LogP contribution >= 0.6 is 0 Å². The maximum atomic E-state index is 5.27. The summed E-state index contributed by atoms with van der Waals surface area (Å²) in [5, 5.41) is 3.27. The van der Waals surface area contributed by atoms with Crippen LogP contribution in [0, 0.1) is 0 Å². The summed E-state index contributed by atoms with van der Waals surface area (Å²) in [6.45, 7) is 3.35. The van der Waals surface area contributed by atoms with Gasteiger partial charge in [-0.05, 0) is 25.1 Å². The summed E-state index contributed by atoms with van der Waals surface area (Å²) < 4.78 is 5.27. The van der Waals surface area contributed by atoms with E-state index >= 15 is 0 Å². The maximum Gasteiger partial charge on any atom is 0.213 e. The van der Waals surface area contributed by atoms with Crippen LogP contribution in [0.3, 0.4) is 0 Å². The number of hydrogen-bond acceptors (Lipinski definition) is 3. The number of aromatic amines is 1. The molecule has 4 nitrogen and oxygen atoms in total. The number of hydrogen-bond donors (Lipinski definition) is 2. The molecule has 2 N–H and O–H groups in total. The molecule has 0 saturated heterocycles. The molecule has 0 saturated carbocycles. The third kappa shape index (κ3) is 2.76. The van der Waals surface area contributed by atoms with Gasteiger partial charge in [-0.25, -0.2) is 4.98 Å². The lowest BCUT2D eigenvalue weighted by Crippen LogP contribution is -2.00. The summed E-state index contributed by atoms with van der Waals surface area (Å²) in [6.07, 6.45) is 3.68. The Morgan fingerprint density at radius 3 is 2.94 bits per heavy atom. The van der Waals surface area contributed by atoms with Crippen molar-refractivity contribution in [2.45, 2.75) is 13.5 Å². The van der Waals surface area contributed by atoms with Gasteiger partial charge < -0.3 is 15.0 Å². The molecule has 0 amide bonds. The summed E-state index contributed by atoms with van der Waals surface area (Å²) >= 11 is 0. The van der Waals surface area contributed by atoms with Gasteiger partial charge in [0.2, 0.25) is 5.88 Å². The highest BCUT2D eigenvalue weighted by Gasteiger charge is 1.96.